The van der Waals surface area contributed by atoms with E-state index in [-0.39, 0.29) is 19.1 Å². The molecule has 156 valence electrons. The smallest absolute Gasteiger partial charge is 0.261 e. The number of thiophene rings is 1. The Morgan fingerprint density at radius 2 is 2.21 bits per heavy atom. The first-order valence-corrected chi connectivity index (χ1v) is 11.0. The van der Waals surface area contributed by atoms with Gasteiger partial charge in [-0.25, -0.2) is 0 Å². The van der Waals surface area contributed by atoms with Crippen LogP contribution in [0.5, 0.6) is 5.75 Å². The van der Waals surface area contributed by atoms with Crippen molar-refractivity contribution >= 4 is 28.8 Å². The molecule has 0 saturated heterocycles. The molecule has 29 heavy (non-hydrogen) atoms. The van der Waals surface area contributed by atoms with E-state index in [2.05, 4.69) is 26.1 Å². The van der Waals surface area contributed by atoms with Gasteiger partial charge in [-0.15, -0.1) is 11.3 Å². The lowest BCUT2D eigenvalue weighted by Gasteiger charge is -2.13. The number of hydrogen-bond donors (Lipinski definition) is 3. The minimum Gasteiger partial charge on any atom is -0.489 e. The van der Waals surface area contributed by atoms with Crippen molar-refractivity contribution in [1.29, 1.82) is 0 Å². The predicted octanol–water partition coefficient (Wildman–Crippen LogP) is 3.67. The first-order valence-electron chi connectivity index (χ1n) is 9.84. The standard InChI is InChI=1S/C22H26ClNO4S/c1-11-18-14(7-15-19(18)22(15,2)3)20(29-11)21(27)24-8-12-4-5-17(16(23)6-12)28-10-13(26)9-25/h4-6,13,15,19,25-26H,7-10H2,1-3H3,(H,24,27)/t13-,15-,19-/m1/s1. The quantitative estimate of drug-likeness (QED) is 0.620. The van der Waals surface area contributed by atoms with Crippen molar-refractivity contribution < 1.29 is 19.7 Å². The highest BCUT2D eigenvalue weighted by Gasteiger charge is 2.63. The van der Waals surface area contributed by atoms with E-state index >= 15 is 0 Å². The average Bonchev–Trinajstić information content (AvgIpc) is 3.02. The molecule has 0 radical (unpaired) electrons. The van der Waals surface area contributed by atoms with Gasteiger partial charge >= 0.3 is 0 Å². The van der Waals surface area contributed by atoms with Crippen LogP contribution in [0.25, 0.3) is 0 Å². The molecular weight excluding hydrogens is 410 g/mol. The van der Waals surface area contributed by atoms with E-state index in [9.17, 15) is 9.90 Å². The van der Waals surface area contributed by atoms with Crippen molar-refractivity contribution in [2.24, 2.45) is 11.3 Å². The van der Waals surface area contributed by atoms with Gasteiger partial charge in [-0.05, 0) is 59.4 Å². The van der Waals surface area contributed by atoms with Crippen molar-refractivity contribution in [3.63, 3.8) is 0 Å². The summed E-state index contributed by atoms with van der Waals surface area (Å²) in [5.41, 5.74) is 3.92. The van der Waals surface area contributed by atoms with Crippen LogP contribution in [0.4, 0.5) is 0 Å². The Morgan fingerprint density at radius 1 is 1.45 bits per heavy atom. The molecule has 0 unspecified atom stereocenters. The van der Waals surface area contributed by atoms with E-state index in [0.717, 1.165) is 16.9 Å². The molecule has 1 amide bonds. The van der Waals surface area contributed by atoms with Crippen LogP contribution in [-0.4, -0.2) is 35.4 Å². The van der Waals surface area contributed by atoms with E-state index in [1.165, 1.54) is 16.0 Å². The van der Waals surface area contributed by atoms with Gasteiger partial charge in [0.1, 0.15) is 18.5 Å². The summed E-state index contributed by atoms with van der Waals surface area (Å²) in [5.74, 6) is 1.71. The first-order chi connectivity index (χ1) is 13.7. The average molecular weight is 436 g/mol. The number of rotatable bonds is 7. The molecule has 2 aliphatic carbocycles. The maximum atomic E-state index is 12.8. The number of benzene rings is 1. The highest BCUT2D eigenvalue weighted by Crippen LogP contribution is 2.71. The van der Waals surface area contributed by atoms with Crippen LogP contribution < -0.4 is 10.1 Å². The number of carbonyl (C=O) groups excluding carboxylic acids is 1. The monoisotopic (exact) mass is 435 g/mol. The van der Waals surface area contributed by atoms with E-state index < -0.39 is 6.10 Å². The molecule has 0 aliphatic heterocycles. The topological polar surface area (TPSA) is 78.8 Å². The normalized spacial score (nSPS) is 22.0. The van der Waals surface area contributed by atoms with E-state index in [1.54, 1.807) is 23.5 Å². The van der Waals surface area contributed by atoms with Crippen LogP contribution in [0, 0.1) is 18.3 Å². The molecule has 3 N–H and O–H groups in total. The Kier molecular flexibility index (Phi) is 5.40. The van der Waals surface area contributed by atoms with Crippen LogP contribution in [0.3, 0.4) is 0 Å². The number of hydrogen-bond acceptors (Lipinski definition) is 5. The van der Waals surface area contributed by atoms with E-state index in [4.69, 9.17) is 21.4 Å². The molecule has 1 saturated carbocycles. The number of aliphatic hydroxyl groups is 2. The molecule has 2 aliphatic rings. The molecular formula is C22H26ClNO4S. The third-order valence-corrected chi connectivity index (χ3v) is 7.77. The predicted molar refractivity (Wildman–Crippen MR) is 114 cm³/mol. The summed E-state index contributed by atoms with van der Waals surface area (Å²) < 4.78 is 5.40. The second-order valence-corrected chi connectivity index (χ2v) is 10.2. The fourth-order valence-electron chi connectivity index (χ4n) is 4.59. The Morgan fingerprint density at radius 3 is 2.90 bits per heavy atom. The molecule has 3 atom stereocenters. The summed E-state index contributed by atoms with van der Waals surface area (Å²) in [5, 5.41) is 21.6. The summed E-state index contributed by atoms with van der Waals surface area (Å²) in [6, 6.07) is 5.27. The van der Waals surface area contributed by atoms with Crippen molar-refractivity contribution in [3.8, 4) is 5.75 Å². The Balaban J connectivity index is 1.39. The number of amides is 1. The lowest BCUT2D eigenvalue weighted by atomic mass is 9.95. The largest absolute Gasteiger partial charge is 0.489 e. The summed E-state index contributed by atoms with van der Waals surface area (Å²) in [7, 11) is 0. The van der Waals surface area contributed by atoms with Crippen molar-refractivity contribution in [1.82, 2.24) is 5.32 Å². The Labute approximate surface area is 179 Å². The first kappa shape index (κ1) is 20.7. The minimum absolute atomic E-state index is 0.0269. The Bertz CT molecular complexity index is 955. The van der Waals surface area contributed by atoms with Gasteiger partial charge in [0.15, 0.2) is 0 Å². The molecule has 0 spiro atoms. The fraction of sp³-hybridized carbons (Fsp3) is 0.500. The zero-order valence-corrected chi connectivity index (χ0v) is 18.4. The van der Waals surface area contributed by atoms with Gasteiger partial charge < -0.3 is 20.3 Å². The van der Waals surface area contributed by atoms with Crippen molar-refractivity contribution in [2.45, 2.75) is 45.8 Å². The van der Waals surface area contributed by atoms with Gasteiger partial charge in [0.2, 0.25) is 0 Å². The maximum absolute atomic E-state index is 12.8. The number of ether oxygens (including phenoxy) is 1. The number of aryl methyl sites for hydroxylation is 1. The summed E-state index contributed by atoms with van der Waals surface area (Å²) >= 11 is 7.84. The van der Waals surface area contributed by atoms with Crippen LogP contribution in [0.1, 0.15) is 51.0 Å². The lowest BCUT2D eigenvalue weighted by molar-refractivity contribution is 0.0536. The van der Waals surface area contributed by atoms with Crippen molar-refractivity contribution in [2.75, 3.05) is 13.2 Å². The number of aliphatic hydroxyl groups excluding tert-OH is 2. The second kappa shape index (κ2) is 7.58. The fourth-order valence-corrected chi connectivity index (χ4v) is 5.99. The van der Waals surface area contributed by atoms with E-state index in [1.807, 2.05) is 6.07 Å². The highest BCUT2D eigenvalue weighted by atomic mass is 35.5. The molecule has 1 aromatic heterocycles. The molecule has 0 bridgehead atoms. The van der Waals surface area contributed by atoms with Gasteiger partial charge in [0.05, 0.1) is 16.5 Å². The maximum Gasteiger partial charge on any atom is 0.261 e. The third kappa shape index (κ3) is 3.67. The molecule has 7 heteroatoms. The number of fused-ring (bicyclic) bond motifs is 3. The van der Waals surface area contributed by atoms with Gasteiger partial charge in [0, 0.05) is 11.4 Å². The lowest BCUT2D eigenvalue weighted by Crippen LogP contribution is -2.23. The third-order valence-electron chi connectivity index (χ3n) is 6.32. The minimum atomic E-state index is -0.947. The molecule has 1 fully saturated rings. The number of carbonyl (C=O) groups is 1. The second-order valence-electron chi connectivity index (χ2n) is 8.58. The van der Waals surface area contributed by atoms with Gasteiger partial charge in [-0.1, -0.05) is 31.5 Å². The summed E-state index contributed by atoms with van der Waals surface area (Å²) in [6.45, 7) is 6.75. The van der Waals surface area contributed by atoms with Gasteiger partial charge in [-0.2, -0.15) is 0 Å². The SMILES string of the molecule is Cc1sc(C(=O)NCc2ccc(OC[C@H](O)CO)c(Cl)c2)c2c1[C@H]1[C@@H](C2)C1(C)C. The van der Waals surface area contributed by atoms with Gasteiger partial charge in [-0.3, -0.25) is 4.79 Å². The zero-order valence-electron chi connectivity index (χ0n) is 16.8. The van der Waals surface area contributed by atoms with Crippen molar-refractivity contribution in [3.05, 3.63) is 49.7 Å². The number of nitrogens with one attached hydrogen (secondary N) is 1. The number of halogens is 1. The van der Waals surface area contributed by atoms with Crippen LogP contribution in [0.2, 0.25) is 5.02 Å². The molecule has 5 nitrogen and oxygen atoms in total. The van der Waals surface area contributed by atoms with E-state index in [0.29, 0.717) is 34.6 Å². The molecule has 4 rings (SSSR count). The summed E-state index contributed by atoms with van der Waals surface area (Å²) in [4.78, 5) is 15.0. The Hall–Kier alpha value is -1.60. The van der Waals surface area contributed by atoms with Crippen LogP contribution >= 0.6 is 22.9 Å². The molecule has 1 heterocycles. The summed E-state index contributed by atoms with van der Waals surface area (Å²) in [6.07, 6.45) is 0.0649. The van der Waals surface area contributed by atoms with Gasteiger partial charge in [0.25, 0.3) is 5.91 Å². The molecule has 1 aromatic carbocycles. The van der Waals surface area contributed by atoms with Crippen LogP contribution in [-0.2, 0) is 13.0 Å². The zero-order chi connectivity index (χ0) is 20.9. The molecule has 2 aromatic rings. The highest BCUT2D eigenvalue weighted by molar-refractivity contribution is 7.14. The van der Waals surface area contributed by atoms with Crippen LogP contribution in [0.15, 0.2) is 18.2 Å².